The summed E-state index contributed by atoms with van der Waals surface area (Å²) in [5, 5.41) is 3.36. The van der Waals surface area contributed by atoms with Crippen LogP contribution in [0, 0.1) is 0 Å². The molecular weight excluding hydrogens is 346 g/mol. The van der Waals surface area contributed by atoms with Gasteiger partial charge in [-0.2, -0.15) is 0 Å². The maximum absolute atomic E-state index is 12.9. The van der Waals surface area contributed by atoms with Gasteiger partial charge in [0.05, 0.1) is 12.3 Å². The van der Waals surface area contributed by atoms with E-state index in [9.17, 15) is 4.79 Å². The van der Waals surface area contributed by atoms with Gasteiger partial charge in [-0.15, -0.1) is 0 Å². The maximum Gasteiger partial charge on any atom is 0.281 e. The van der Waals surface area contributed by atoms with Crippen LogP contribution in [0.1, 0.15) is 12.5 Å². The lowest BCUT2D eigenvalue weighted by Gasteiger charge is -2.17. The van der Waals surface area contributed by atoms with E-state index in [4.69, 9.17) is 17.0 Å². The molecule has 0 spiro atoms. The number of carbonyl (C=O) groups excluding carboxylic acids is 1. The molecule has 2 aromatic rings. The van der Waals surface area contributed by atoms with Crippen molar-refractivity contribution in [1.29, 1.82) is 0 Å². The Labute approximate surface area is 158 Å². The SMILES string of the molecule is CCOc1ccccc1N1C(=O)/C(=C\c2ccc(N(C)C)cc2)NC1=S. The lowest BCUT2D eigenvalue weighted by Crippen LogP contribution is -2.30. The Morgan fingerprint density at radius 2 is 1.85 bits per heavy atom. The van der Waals surface area contributed by atoms with E-state index < -0.39 is 0 Å². The Balaban J connectivity index is 1.89. The summed E-state index contributed by atoms with van der Waals surface area (Å²) in [6.07, 6.45) is 1.80. The van der Waals surface area contributed by atoms with Crippen molar-refractivity contribution >= 4 is 40.7 Å². The summed E-state index contributed by atoms with van der Waals surface area (Å²) in [4.78, 5) is 16.4. The number of thiocarbonyl (C=S) groups is 1. The van der Waals surface area contributed by atoms with Gasteiger partial charge in [-0.25, -0.2) is 4.90 Å². The summed E-state index contributed by atoms with van der Waals surface area (Å²) in [5.74, 6) is 0.433. The first-order chi connectivity index (χ1) is 12.5. The van der Waals surface area contributed by atoms with Gasteiger partial charge in [0.1, 0.15) is 11.4 Å². The zero-order valence-corrected chi connectivity index (χ0v) is 15.8. The number of ether oxygens (including phenoxy) is 1. The predicted molar refractivity (Wildman–Crippen MR) is 110 cm³/mol. The van der Waals surface area contributed by atoms with Crippen molar-refractivity contribution in [3.05, 3.63) is 59.8 Å². The Morgan fingerprint density at radius 1 is 1.15 bits per heavy atom. The van der Waals surface area contributed by atoms with Gasteiger partial charge in [-0.05, 0) is 55.0 Å². The van der Waals surface area contributed by atoms with Crippen molar-refractivity contribution < 1.29 is 9.53 Å². The van der Waals surface area contributed by atoms with E-state index in [0.29, 0.717) is 28.9 Å². The average Bonchev–Trinajstić information content (AvgIpc) is 2.90. The third kappa shape index (κ3) is 3.55. The van der Waals surface area contributed by atoms with Crippen molar-refractivity contribution in [3.63, 3.8) is 0 Å². The van der Waals surface area contributed by atoms with Crippen LogP contribution in [0.3, 0.4) is 0 Å². The Hall–Kier alpha value is -2.86. The van der Waals surface area contributed by atoms with E-state index in [2.05, 4.69) is 5.32 Å². The zero-order valence-electron chi connectivity index (χ0n) is 15.0. The third-order valence-corrected chi connectivity index (χ3v) is 4.29. The number of amides is 1. The van der Waals surface area contributed by atoms with Crippen molar-refractivity contribution in [2.75, 3.05) is 30.5 Å². The average molecular weight is 367 g/mol. The van der Waals surface area contributed by atoms with E-state index >= 15 is 0 Å². The summed E-state index contributed by atoms with van der Waals surface area (Å²) in [5.41, 5.74) is 3.11. The second-order valence-electron chi connectivity index (χ2n) is 6.02. The Kier molecular flexibility index (Phi) is 5.23. The monoisotopic (exact) mass is 367 g/mol. The summed E-state index contributed by atoms with van der Waals surface area (Å²) in [7, 11) is 3.98. The molecule has 1 aliphatic rings. The van der Waals surface area contributed by atoms with Crippen LogP contribution in [0.5, 0.6) is 5.75 Å². The molecule has 2 aromatic carbocycles. The number of nitrogens with zero attached hydrogens (tertiary/aromatic N) is 2. The number of nitrogens with one attached hydrogen (secondary N) is 1. The van der Waals surface area contributed by atoms with E-state index in [1.165, 1.54) is 4.90 Å². The molecule has 0 bridgehead atoms. The predicted octanol–water partition coefficient (Wildman–Crippen LogP) is 3.41. The minimum atomic E-state index is -0.196. The Bertz CT molecular complexity index is 860. The summed E-state index contributed by atoms with van der Waals surface area (Å²) in [6.45, 7) is 2.42. The molecule has 26 heavy (non-hydrogen) atoms. The van der Waals surface area contributed by atoms with Gasteiger partial charge < -0.3 is 15.0 Å². The molecule has 1 saturated heterocycles. The van der Waals surface area contributed by atoms with Gasteiger partial charge >= 0.3 is 0 Å². The third-order valence-electron chi connectivity index (χ3n) is 4.00. The van der Waals surface area contributed by atoms with E-state index in [1.807, 2.05) is 74.4 Å². The minimum absolute atomic E-state index is 0.196. The topological polar surface area (TPSA) is 44.8 Å². The molecule has 5 nitrogen and oxygen atoms in total. The molecular formula is C20H21N3O2S. The van der Waals surface area contributed by atoms with Crippen LogP contribution >= 0.6 is 12.2 Å². The van der Waals surface area contributed by atoms with Gasteiger partial charge in [0.15, 0.2) is 5.11 Å². The highest BCUT2D eigenvalue weighted by molar-refractivity contribution is 7.80. The molecule has 3 rings (SSSR count). The fourth-order valence-corrected chi connectivity index (χ4v) is 3.00. The highest BCUT2D eigenvalue weighted by Crippen LogP contribution is 2.31. The van der Waals surface area contributed by atoms with Crippen LogP contribution in [0.2, 0.25) is 0 Å². The van der Waals surface area contributed by atoms with Gasteiger partial charge in [0.2, 0.25) is 0 Å². The number of anilines is 2. The lowest BCUT2D eigenvalue weighted by molar-refractivity contribution is -0.113. The lowest BCUT2D eigenvalue weighted by atomic mass is 10.1. The summed E-state index contributed by atoms with van der Waals surface area (Å²) >= 11 is 5.38. The first-order valence-electron chi connectivity index (χ1n) is 8.37. The normalized spacial score (nSPS) is 15.3. The second kappa shape index (κ2) is 7.58. The zero-order chi connectivity index (χ0) is 18.7. The molecule has 134 valence electrons. The van der Waals surface area contributed by atoms with Crippen LogP contribution in [0.25, 0.3) is 6.08 Å². The molecule has 1 amide bonds. The maximum atomic E-state index is 12.9. The smallest absolute Gasteiger partial charge is 0.281 e. The number of hydrogen-bond acceptors (Lipinski definition) is 4. The van der Waals surface area contributed by atoms with Gasteiger partial charge in [-0.3, -0.25) is 4.79 Å². The van der Waals surface area contributed by atoms with E-state index in [-0.39, 0.29) is 5.91 Å². The molecule has 0 saturated carbocycles. The fourth-order valence-electron chi connectivity index (χ4n) is 2.71. The number of para-hydroxylation sites is 2. The molecule has 1 N–H and O–H groups in total. The van der Waals surface area contributed by atoms with Crippen LogP contribution < -0.4 is 19.9 Å². The first kappa shape index (κ1) is 17.9. The van der Waals surface area contributed by atoms with Crippen LogP contribution in [-0.4, -0.2) is 31.7 Å². The molecule has 6 heteroatoms. The molecule has 0 unspecified atom stereocenters. The molecule has 0 aromatic heterocycles. The minimum Gasteiger partial charge on any atom is -0.492 e. The number of rotatable bonds is 5. The quantitative estimate of drug-likeness (QED) is 0.648. The largest absolute Gasteiger partial charge is 0.492 e. The van der Waals surface area contributed by atoms with Gasteiger partial charge in [0, 0.05) is 19.8 Å². The van der Waals surface area contributed by atoms with Crippen molar-refractivity contribution in [1.82, 2.24) is 5.32 Å². The van der Waals surface area contributed by atoms with Crippen LogP contribution in [-0.2, 0) is 4.79 Å². The number of carbonyl (C=O) groups is 1. The van der Waals surface area contributed by atoms with Gasteiger partial charge in [-0.1, -0.05) is 24.3 Å². The van der Waals surface area contributed by atoms with E-state index in [0.717, 1.165) is 11.3 Å². The highest BCUT2D eigenvalue weighted by atomic mass is 32.1. The fraction of sp³-hybridized carbons (Fsp3) is 0.200. The molecule has 1 aliphatic heterocycles. The highest BCUT2D eigenvalue weighted by Gasteiger charge is 2.33. The molecule has 0 radical (unpaired) electrons. The number of hydrogen-bond donors (Lipinski definition) is 1. The standard InChI is InChI=1S/C20H21N3O2S/c1-4-25-18-8-6-5-7-17(18)23-19(24)16(21-20(23)26)13-14-9-11-15(12-10-14)22(2)3/h5-13H,4H2,1-3H3,(H,21,26)/b16-13+. The van der Waals surface area contributed by atoms with Crippen molar-refractivity contribution in [2.24, 2.45) is 0 Å². The van der Waals surface area contributed by atoms with Crippen molar-refractivity contribution in [3.8, 4) is 5.75 Å². The van der Waals surface area contributed by atoms with Crippen LogP contribution in [0.4, 0.5) is 11.4 Å². The van der Waals surface area contributed by atoms with Crippen molar-refractivity contribution in [2.45, 2.75) is 6.92 Å². The molecule has 1 fully saturated rings. The first-order valence-corrected chi connectivity index (χ1v) is 8.78. The Morgan fingerprint density at radius 3 is 2.50 bits per heavy atom. The second-order valence-corrected chi connectivity index (χ2v) is 6.40. The van der Waals surface area contributed by atoms with E-state index in [1.54, 1.807) is 6.08 Å². The molecule has 0 atom stereocenters. The molecule has 0 aliphatic carbocycles. The summed E-state index contributed by atoms with van der Waals surface area (Å²) < 4.78 is 5.63. The molecule has 1 heterocycles. The number of benzene rings is 2. The van der Waals surface area contributed by atoms with Crippen LogP contribution in [0.15, 0.2) is 54.2 Å². The van der Waals surface area contributed by atoms with Gasteiger partial charge in [0.25, 0.3) is 5.91 Å². The summed E-state index contributed by atoms with van der Waals surface area (Å²) in [6, 6.07) is 15.3.